The van der Waals surface area contributed by atoms with E-state index in [1.807, 2.05) is 0 Å². The van der Waals surface area contributed by atoms with Gasteiger partial charge in [-0.15, -0.1) is 0 Å². The van der Waals surface area contributed by atoms with Crippen LogP contribution < -0.4 is 20.5 Å². The topological polar surface area (TPSA) is 137 Å². The molecular weight excluding hydrogens is 306 g/mol. The fourth-order valence-electron chi connectivity index (χ4n) is 1.95. The molecule has 0 saturated carbocycles. The molecule has 0 heterocycles. The average molecular weight is 327 g/mol. The number of carbonyl (C=O) groups is 1. The average Bonchev–Trinajstić information content (AvgIpc) is 2.55. The highest BCUT2D eigenvalue weighted by molar-refractivity contribution is 5.75. The molecule has 0 aliphatic carbocycles. The number of aliphatic hydroxyl groups is 1. The fraction of sp³-hybridized carbons (Fsp3) is 0.500. The maximum absolute atomic E-state index is 11.4. The molecule has 0 aliphatic rings. The Labute approximate surface area is 133 Å². The normalized spacial score (nSPS) is 10.2. The van der Waals surface area contributed by atoms with Crippen molar-refractivity contribution in [2.75, 3.05) is 26.8 Å². The molecular formula is C14H21N3O6. The molecule has 0 radical (unpaired) electrons. The summed E-state index contributed by atoms with van der Waals surface area (Å²) in [5.41, 5.74) is 5.09. The highest BCUT2D eigenvalue weighted by Crippen LogP contribution is 2.39. The lowest BCUT2D eigenvalue weighted by atomic mass is 10.1. The summed E-state index contributed by atoms with van der Waals surface area (Å²) >= 11 is 0. The van der Waals surface area contributed by atoms with Crippen molar-refractivity contribution >= 4 is 11.6 Å². The number of amides is 1. The third-order valence-corrected chi connectivity index (χ3v) is 3.01. The van der Waals surface area contributed by atoms with Crippen LogP contribution in [0.3, 0.4) is 0 Å². The number of benzene rings is 1. The number of hydrogen-bond acceptors (Lipinski definition) is 7. The second-order valence-electron chi connectivity index (χ2n) is 4.61. The molecule has 1 aromatic rings. The van der Waals surface area contributed by atoms with Crippen molar-refractivity contribution in [1.29, 1.82) is 0 Å². The maximum atomic E-state index is 11.4. The monoisotopic (exact) mass is 327 g/mol. The van der Waals surface area contributed by atoms with Crippen molar-refractivity contribution in [3.63, 3.8) is 0 Å². The Balaban J connectivity index is 2.68. The third-order valence-electron chi connectivity index (χ3n) is 3.01. The van der Waals surface area contributed by atoms with Crippen molar-refractivity contribution in [2.24, 2.45) is 5.73 Å². The van der Waals surface area contributed by atoms with E-state index in [1.54, 1.807) is 0 Å². The van der Waals surface area contributed by atoms with E-state index >= 15 is 0 Å². The number of carbonyl (C=O) groups excluding carboxylic acids is 1. The highest BCUT2D eigenvalue weighted by atomic mass is 16.6. The van der Waals surface area contributed by atoms with Gasteiger partial charge in [0.15, 0.2) is 5.75 Å². The predicted molar refractivity (Wildman–Crippen MR) is 82.4 cm³/mol. The largest absolute Gasteiger partial charge is 0.489 e. The van der Waals surface area contributed by atoms with Crippen LogP contribution in [-0.2, 0) is 11.4 Å². The summed E-state index contributed by atoms with van der Waals surface area (Å²) in [6.45, 7) is 0.513. The first kappa shape index (κ1) is 18.7. The SMILES string of the molecule is COc1c(OCCCC(=O)NCCN)ccc(CO)c1[N+](=O)[O-]. The van der Waals surface area contributed by atoms with Gasteiger partial charge in [-0.05, 0) is 18.6 Å². The molecule has 0 spiro atoms. The zero-order valence-electron chi connectivity index (χ0n) is 12.9. The number of methoxy groups -OCH3 is 1. The van der Waals surface area contributed by atoms with Crippen LogP contribution in [0.5, 0.6) is 11.5 Å². The zero-order chi connectivity index (χ0) is 17.2. The lowest BCUT2D eigenvalue weighted by molar-refractivity contribution is -0.386. The number of ether oxygens (including phenoxy) is 2. The number of nitrogens with two attached hydrogens (primary N) is 1. The Hall–Kier alpha value is -2.39. The molecule has 0 saturated heterocycles. The lowest BCUT2D eigenvalue weighted by Crippen LogP contribution is -2.29. The van der Waals surface area contributed by atoms with Crippen molar-refractivity contribution < 1.29 is 24.3 Å². The van der Waals surface area contributed by atoms with Crippen LogP contribution in [-0.4, -0.2) is 42.7 Å². The Morgan fingerprint density at radius 1 is 1.48 bits per heavy atom. The molecule has 9 heteroatoms. The smallest absolute Gasteiger partial charge is 0.320 e. The fourth-order valence-corrected chi connectivity index (χ4v) is 1.95. The molecule has 0 fully saturated rings. The summed E-state index contributed by atoms with van der Waals surface area (Å²) in [5.74, 6) is 0.0144. The van der Waals surface area contributed by atoms with Gasteiger partial charge in [0, 0.05) is 19.5 Å². The van der Waals surface area contributed by atoms with Crippen LogP contribution in [0.15, 0.2) is 12.1 Å². The number of nitro groups is 1. The molecule has 0 unspecified atom stereocenters. The molecule has 23 heavy (non-hydrogen) atoms. The summed E-state index contributed by atoms with van der Waals surface area (Å²) in [7, 11) is 1.29. The maximum Gasteiger partial charge on any atom is 0.320 e. The van der Waals surface area contributed by atoms with Gasteiger partial charge in [-0.1, -0.05) is 0 Å². The van der Waals surface area contributed by atoms with Crippen LogP contribution in [0.1, 0.15) is 18.4 Å². The number of aliphatic hydroxyl groups excluding tert-OH is 1. The molecule has 128 valence electrons. The quantitative estimate of drug-likeness (QED) is 0.320. The van der Waals surface area contributed by atoms with E-state index in [1.165, 1.54) is 19.2 Å². The summed E-state index contributed by atoms with van der Waals surface area (Å²) < 4.78 is 10.5. The molecule has 0 bridgehead atoms. The van der Waals surface area contributed by atoms with E-state index in [9.17, 15) is 20.0 Å². The molecule has 1 aromatic carbocycles. The van der Waals surface area contributed by atoms with Gasteiger partial charge in [-0.3, -0.25) is 14.9 Å². The Morgan fingerprint density at radius 2 is 2.22 bits per heavy atom. The van der Waals surface area contributed by atoms with Crippen molar-refractivity contribution in [2.45, 2.75) is 19.4 Å². The van der Waals surface area contributed by atoms with E-state index in [-0.39, 0.29) is 41.7 Å². The van der Waals surface area contributed by atoms with E-state index in [0.29, 0.717) is 19.5 Å². The first-order chi connectivity index (χ1) is 11.0. The molecule has 0 atom stereocenters. The number of nitro benzene ring substituents is 1. The van der Waals surface area contributed by atoms with Gasteiger partial charge in [-0.25, -0.2) is 0 Å². The predicted octanol–water partition coefficient (Wildman–Crippen LogP) is 0.330. The molecule has 0 aromatic heterocycles. The Kier molecular flexibility index (Phi) is 7.78. The molecule has 4 N–H and O–H groups in total. The second kappa shape index (κ2) is 9.59. The van der Waals surface area contributed by atoms with Gasteiger partial charge in [-0.2, -0.15) is 0 Å². The minimum Gasteiger partial charge on any atom is -0.489 e. The van der Waals surface area contributed by atoms with Gasteiger partial charge in [0.2, 0.25) is 11.7 Å². The van der Waals surface area contributed by atoms with Crippen LogP contribution in [0.2, 0.25) is 0 Å². The lowest BCUT2D eigenvalue weighted by Gasteiger charge is -2.12. The van der Waals surface area contributed by atoms with E-state index in [4.69, 9.17) is 15.2 Å². The van der Waals surface area contributed by atoms with Crippen LogP contribution in [0.4, 0.5) is 5.69 Å². The number of nitrogens with zero attached hydrogens (tertiary/aromatic N) is 1. The molecule has 1 rings (SSSR count). The molecule has 1 amide bonds. The van der Waals surface area contributed by atoms with E-state index in [2.05, 4.69) is 5.32 Å². The van der Waals surface area contributed by atoms with Gasteiger partial charge in [0.1, 0.15) is 0 Å². The van der Waals surface area contributed by atoms with Crippen molar-refractivity contribution in [1.82, 2.24) is 5.32 Å². The molecule has 0 aliphatic heterocycles. The van der Waals surface area contributed by atoms with E-state index < -0.39 is 11.5 Å². The first-order valence-corrected chi connectivity index (χ1v) is 7.09. The summed E-state index contributed by atoms with van der Waals surface area (Å²) in [6, 6.07) is 2.90. The van der Waals surface area contributed by atoms with Crippen LogP contribution in [0, 0.1) is 10.1 Å². The summed E-state index contributed by atoms with van der Waals surface area (Å²) in [4.78, 5) is 21.9. The van der Waals surface area contributed by atoms with Gasteiger partial charge in [0.05, 0.1) is 30.8 Å². The Bertz CT molecular complexity index is 550. The second-order valence-corrected chi connectivity index (χ2v) is 4.61. The van der Waals surface area contributed by atoms with Gasteiger partial charge in [0.25, 0.3) is 0 Å². The van der Waals surface area contributed by atoms with Crippen molar-refractivity contribution in [3.05, 3.63) is 27.8 Å². The third kappa shape index (κ3) is 5.38. The summed E-state index contributed by atoms with van der Waals surface area (Å²) in [6.07, 6.45) is 0.703. The number of hydrogen-bond donors (Lipinski definition) is 3. The highest BCUT2D eigenvalue weighted by Gasteiger charge is 2.24. The molecule has 9 nitrogen and oxygen atoms in total. The number of nitrogens with one attached hydrogen (secondary N) is 1. The van der Waals surface area contributed by atoms with Gasteiger partial charge < -0.3 is 25.6 Å². The number of rotatable bonds is 10. The van der Waals surface area contributed by atoms with E-state index in [0.717, 1.165) is 0 Å². The standard InChI is InChI=1S/C14H21N3O6/c1-22-14-11(5-4-10(9-18)13(14)17(20)21)23-8-2-3-12(19)16-7-6-15/h4-5,18H,2-3,6-9,15H2,1H3,(H,16,19). The zero-order valence-corrected chi connectivity index (χ0v) is 12.9. The first-order valence-electron chi connectivity index (χ1n) is 7.09. The summed E-state index contributed by atoms with van der Waals surface area (Å²) in [5, 5.41) is 22.9. The van der Waals surface area contributed by atoms with Crippen LogP contribution in [0.25, 0.3) is 0 Å². The minimum absolute atomic E-state index is 0.0471. The van der Waals surface area contributed by atoms with Crippen molar-refractivity contribution in [3.8, 4) is 11.5 Å². The van der Waals surface area contributed by atoms with Crippen LogP contribution >= 0.6 is 0 Å². The van der Waals surface area contributed by atoms with Gasteiger partial charge >= 0.3 is 5.69 Å². The minimum atomic E-state index is -0.627. The Morgan fingerprint density at radius 3 is 2.78 bits per heavy atom.